The summed E-state index contributed by atoms with van der Waals surface area (Å²) in [5.74, 6) is 1.67. The normalized spacial score (nSPS) is 16.0. The van der Waals surface area contributed by atoms with E-state index >= 15 is 0 Å². The van der Waals surface area contributed by atoms with Crippen LogP contribution in [0.1, 0.15) is 52.8 Å². The molecule has 1 saturated heterocycles. The van der Waals surface area contributed by atoms with Gasteiger partial charge in [0.05, 0.1) is 12.6 Å². The smallest absolute Gasteiger partial charge is 0.314 e. The third-order valence-electron chi connectivity index (χ3n) is 5.94. The molecule has 0 bridgehead atoms. The Labute approximate surface area is 188 Å². The summed E-state index contributed by atoms with van der Waals surface area (Å²) in [6.45, 7) is 9.43. The molecule has 1 atom stereocenters. The molecule has 1 aliphatic heterocycles. The molecular weight excluding hydrogens is 410 g/mol. The molecular formula is C24H28ClN5O. The van der Waals surface area contributed by atoms with Gasteiger partial charge in [0, 0.05) is 17.3 Å². The van der Waals surface area contributed by atoms with E-state index < -0.39 is 0 Å². The molecule has 7 heteroatoms. The van der Waals surface area contributed by atoms with Crippen molar-refractivity contribution in [3.8, 4) is 0 Å². The van der Waals surface area contributed by atoms with Crippen molar-refractivity contribution in [1.82, 2.24) is 19.7 Å². The van der Waals surface area contributed by atoms with Crippen LogP contribution in [-0.4, -0.2) is 32.2 Å². The van der Waals surface area contributed by atoms with Gasteiger partial charge in [0.2, 0.25) is 0 Å². The average molecular weight is 438 g/mol. The van der Waals surface area contributed by atoms with E-state index in [-0.39, 0.29) is 12.1 Å². The molecule has 4 rings (SSSR count). The van der Waals surface area contributed by atoms with Crippen LogP contribution in [0.3, 0.4) is 0 Å². The summed E-state index contributed by atoms with van der Waals surface area (Å²) < 4.78 is 2.10. The molecule has 0 saturated carbocycles. The highest BCUT2D eigenvalue weighted by Gasteiger charge is 2.34. The van der Waals surface area contributed by atoms with Crippen LogP contribution < -0.4 is 5.32 Å². The number of carbonyl (C=O) groups is 1. The highest BCUT2D eigenvalue weighted by Crippen LogP contribution is 2.33. The van der Waals surface area contributed by atoms with Gasteiger partial charge >= 0.3 is 6.03 Å². The van der Waals surface area contributed by atoms with Gasteiger partial charge in [-0.05, 0) is 69.4 Å². The standard InChI is InChI=1S/C24H28ClN5O/c1-15-12-16(2)22(17(3)13-15)26-24(31)29-11-5-6-21(29)23-28-27-18(4)30(23)14-19-7-9-20(25)10-8-19/h7-10,12-13,21H,5-6,11,14H2,1-4H3,(H,26,31)/t21-/m1/s1. The van der Waals surface area contributed by atoms with E-state index in [1.165, 1.54) is 5.56 Å². The van der Waals surface area contributed by atoms with E-state index in [9.17, 15) is 4.79 Å². The van der Waals surface area contributed by atoms with Crippen LogP contribution >= 0.6 is 11.6 Å². The molecule has 162 valence electrons. The van der Waals surface area contributed by atoms with Crippen LogP contribution in [-0.2, 0) is 6.54 Å². The van der Waals surface area contributed by atoms with E-state index in [1.807, 2.05) is 49.9 Å². The predicted octanol–water partition coefficient (Wildman–Crippen LogP) is 5.58. The summed E-state index contributed by atoms with van der Waals surface area (Å²) >= 11 is 6.03. The Bertz CT molecular complexity index is 1080. The number of hydrogen-bond acceptors (Lipinski definition) is 3. The number of carbonyl (C=O) groups excluding carboxylic acids is 1. The molecule has 1 N–H and O–H groups in total. The van der Waals surface area contributed by atoms with Crippen LogP contribution in [0.25, 0.3) is 0 Å². The minimum absolute atomic E-state index is 0.0868. The largest absolute Gasteiger partial charge is 0.322 e. The number of likely N-dealkylation sites (tertiary alicyclic amines) is 1. The molecule has 1 fully saturated rings. The summed E-state index contributed by atoms with van der Waals surface area (Å²) in [4.78, 5) is 15.1. The van der Waals surface area contributed by atoms with Crippen LogP contribution in [0.4, 0.5) is 10.5 Å². The number of aryl methyl sites for hydroxylation is 4. The van der Waals surface area contributed by atoms with Gasteiger partial charge in [-0.25, -0.2) is 4.79 Å². The summed E-state index contributed by atoms with van der Waals surface area (Å²) in [5.41, 5.74) is 5.35. The van der Waals surface area contributed by atoms with Crippen molar-refractivity contribution in [3.63, 3.8) is 0 Å². The Hall–Kier alpha value is -2.86. The summed E-state index contributed by atoms with van der Waals surface area (Å²) in [6, 6.07) is 11.8. The van der Waals surface area contributed by atoms with E-state index in [1.54, 1.807) is 0 Å². The van der Waals surface area contributed by atoms with E-state index in [0.29, 0.717) is 18.1 Å². The van der Waals surface area contributed by atoms with Gasteiger partial charge < -0.3 is 14.8 Å². The van der Waals surface area contributed by atoms with Crippen LogP contribution in [0.2, 0.25) is 5.02 Å². The Kier molecular flexibility index (Phi) is 6.01. The lowest BCUT2D eigenvalue weighted by molar-refractivity contribution is 0.203. The van der Waals surface area contributed by atoms with Gasteiger partial charge in [0.25, 0.3) is 0 Å². The molecule has 1 aliphatic rings. The zero-order valence-corrected chi connectivity index (χ0v) is 19.2. The lowest BCUT2D eigenvalue weighted by atomic mass is 10.1. The SMILES string of the molecule is Cc1cc(C)c(NC(=O)N2CCC[C@@H]2c2nnc(C)n2Cc2ccc(Cl)cc2)c(C)c1. The summed E-state index contributed by atoms with van der Waals surface area (Å²) in [6.07, 6.45) is 1.81. The van der Waals surface area contributed by atoms with E-state index in [4.69, 9.17) is 11.6 Å². The molecule has 31 heavy (non-hydrogen) atoms. The Morgan fingerprint density at radius 1 is 1.10 bits per heavy atom. The number of rotatable bonds is 4. The van der Waals surface area contributed by atoms with E-state index in [2.05, 4.69) is 39.1 Å². The fraction of sp³-hybridized carbons (Fsp3) is 0.375. The highest BCUT2D eigenvalue weighted by molar-refractivity contribution is 6.30. The first-order valence-electron chi connectivity index (χ1n) is 10.6. The van der Waals surface area contributed by atoms with Crippen molar-refractivity contribution >= 4 is 23.3 Å². The number of amides is 2. The number of nitrogens with one attached hydrogen (secondary N) is 1. The molecule has 0 spiro atoms. The number of halogens is 1. The second-order valence-electron chi connectivity index (χ2n) is 8.37. The maximum absolute atomic E-state index is 13.2. The number of benzene rings is 2. The van der Waals surface area contributed by atoms with Gasteiger partial charge in [-0.15, -0.1) is 10.2 Å². The third kappa shape index (κ3) is 4.44. The number of aromatic nitrogens is 3. The molecule has 3 aromatic rings. The zero-order chi connectivity index (χ0) is 22.1. The van der Waals surface area contributed by atoms with Crippen molar-refractivity contribution in [3.05, 3.63) is 75.3 Å². The number of nitrogens with zero attached hydrogens (tertiary/aromatic N) is 4. The van der Waals surface area contributed by atoms with Crippen molar-refractivity contribution in [2.45, 2.75) is 53.1 Å². The zero-order valence-electron chi connectivity index (χ0n) is 18.4. The van der Waals surface area contributed by atoms with Crippen LogP contribution in [0, 0.1) is 27.7 Å². The van der Waals surface area contributed by atoms with Crippen LogP contribution in [0.15, 0.2) is 36.4 Å². The monoisotopic (exact) mass is 437 g/mol. The van der Waals surface area contributed by atoms with Crippen molar-refractivity contribution in [2.24, 2.45) is 0 Å². The highest BCUT2D eigenvalue weighted by atomic mass is 35.5. The van der Waals surface area contributed by atoms with Crippen molar-refractivity contribution in [1.29, 1.82) is 0 Å². The Balaban J connectivity index is 1.58. The van der Waals surface area contributed by atoms with Crippen molar-refractivity contribution < 1.29 is 4.79 Å². The minimum Gasteiger partial charge on any atom is -0.314 e. The topological polar surface area (TPSA) is 63.1 Å². The third-order valence-corrected chi connectivity index (χ3v) is 6.19. The summed E-state index contributed by atoms with van der Waals surface area (Å²) in [7, 11) is 0. The molecule has 2 heterocycles. The quantitative estimate of drug-likeness (QED) is 0.579. The predicted molar refractivity (Wildman–Crippen MR) is 124 cm³/mol. The molecule has 1 aromatic heterocycles. The summed E-state index contributed by atoms with van der Waals surface area (Å²) in [5, 5.41) is 12.6. The lowest BCUT2D eigenvalue weighted by Gasteiger charge is -2.26. The fourth-order valence-corrected chi connectivity index (χ4v) is 4.57. The van der Waals surface area contributed by atoms with Gasteiger partial charge in [0.15, 0.2) is 5.82 Å². The maximum atomic E-state index is 13.2. The first kappa shape index (κ1) is 21.4. The second kappa shape index (κ2) is 8.71. The maximum Gasteiger partial charge on any atom is 0.322 e. The number of urea groups is 1. The molecule has 6 nitrogen and oxygen atoms in total. The second-order valence-corrected chi connectivity index (χ2v) is 8.81. The lowest BCUT2D eigenvalue weighted by Crippen LogP contribution is -2.36. The van der Waals surface area contributed by atoms with Crippen LogP contribution in [0.5, 0.6) is 0 Å². The molecule has 2 aromatic carbocycles. The number of hydrogen-bond donors (Lipinski definition) is 1. The van der Waals surface area contributed by atoms with Crippen molar-refractivity contribution in [2.75, 3.05) is 11.9 Å². The molecule has 0 aliphatic carbocycles. The van der Waals surface area contributed by atoms with Gasteiger partial charge in [-0.3, -0.25) is 0 Å². The first-order valence-corrected chi connectivity index (χ1v) is 11.0. The minimum atomic E-state index is -0.0976. The molecule has 0 radical (unpaired) electrons. The van der Waals surface area contributed by atoms with E-state index in [0.717, 1.165) is 46.9 Å². The number of anilines is 1. The van der Waals surface area contributed by atoms with Gasteiger partial charge in [0.1, 0.15) is 5.82 Å². The van der Waals surface area contributed by atoms with Gasteiger partial charge in [-0.2, -0.15) is 0 Å². The first-order chi connectivity index (χ1) is 14.8. The molecule has 0 unspecified atom stereocenters. The van der Waals surface area contributed by atoms with Gasteiger partial charge in [-0.1, -0.05) is 41.4 Å². The molecule has 2 amide bonds. The average Bonchev–Trinajstić information content (AvgIpc) is 3.33. The Morgan fingerprint density at radius 2 is 1.77 bits per heavy atom. The fourth-order valence-electron chi connectivity index (χ4n) is 4.45. The Morgan fingerprint density at radius 3 is 2.45 bits per heavy atom.